The Morgan fingerprint density at radius 1 is 1.35 bits per heavy atom. The summed E-state index contributed by atoms with van der Waals surface area (Å²) < 4.78 is 1.94. The van der Waals surface area contributed by atoms with Crippen LogP contribution in [-0.2, 0) is 6.54 Å². The van der Waals surface area contributed by atoms with Gasteiger partial charge in [-0.15, -0.1) is 0 Å². The van der Waals surface area contributed by atoms with Crippen LogP contribution in [0.3, 0.4) is 0 Å². The lowest BCUT2D eigenvalue weighted by atomic mass is 10.1. The van der Waals surface area contributed by atoms with Crippen molar-refractivity contribution in [1.29, 1.82) is 0 Å². The molecule has 0 aliphatic carbocycles. The van der Waals surface area contributed by atoms with E-state index in [9.17, 15) is 9.90 Å². The van der Waals surface area contributed by atoms with E-state index in [1.807, 2.05) is 29.8 Å². The van der Waals surface area contributed by atoms with Crippen LogP contribution in [0.2, 0.25) is 0 Å². The summed E-state index contributed by atoms with van der Waals surface area (Å²) >= 11 is 0. The topological polar surface area (TPSA) is 80.0 Å². The lowest BCUT2D eigenvalue weighted by Gasteiger charge is -2.06. The first-order valence-corrected chi connectivity index (χ1v) is 7.51. The molecular formula is C17H18N4O2. The number of rotatable bonds is 5. The van der Waals surface area contributed by atoms with Gasteiger partial charge in [-0.25, -0.2) is 4.79 Å². The maximum Gasteiger partial charge on any atom is 0.337 e. The Bertz CT molecular complexity index is 870. The Kier molecular flexibility index (Phi) is 3.97. The van der Waals surface area contributed by atoms with Gasteiger partial charge in [-0.1, -0.05) is 18.6 Å². The summed E-state index contributed by atoms with van der Waals surface area (Å²) in [6.07, 6.45) is 3.94. The van der Waals surface area contributed by atoms with Crippen molar-refractivity contribution < 1.29 is 9.90 Å². The number of nitrogens with one attached hydrogen (secondary N) is 1. The lowest BCUT2D eigenvalue weighted by Crippen LogP contribution is -2.04. The number of hydrogen-bond donors (Lipinski definition) is 2. The molecule has 0 amide bonds. The molecule has 0 atom stereocenters. The Hall–Kier alpha value is -2.89. The fraction of sp³-hybridized carbons (Fsp3) is 0.235. The molecule has 2 aromatic heterocycles. The summed E-state index contributed by atoms with van der Waals surface area (Å²) in [7, 11) is 0. The average molecular weight is 310 g/mol. The molecule has 6 nitrogen and oxygen atoms in total. The Morgan fingerprint density at radius 2 is 2.17 bits per heavy atom. The van der Waals surface area contributed by atoms with Crippen LogP contribution in [0.4, 0.5) is 11.5 Å². The smallest absolute Gasteiger partial charge is 0.337 e. The van der Waals surface area contributed by atoms with Crippen LogP contribution in [0, 0.1) is 6.92 Å². The number of aryl methyl sites for hydroxylation is 2. The minimum absolute atomic E-state index is 0.172. The molecule has 3 aromatic rings. The maximum absolute atomic E-state index is 11.3. The molecule has 0 fully saturated rings. The van der Waals surface area contributed by atoms with Gasteiger partial charge in [-0.2, -0.15) is 5.10 Å². The van der Waals surface area contributed by atoms with Crippen molar-refractivity contribution in [3.8, 4) is 0 Å². The fourth-order valence-electron chi connectivity index (χ4n) is 2.58. The number of carboxylic acid groups (broad SMARTS) is 1. The molecule has 0 spiro atoms. The largest absolute Gasteiger partial charge is 0.478 e. The Morgan fingerprint density at radius 3 is 2.91 bits per heavy atom. The van der Waals surface area contributed by atoms with E-state index >= 15 is 0 Å². The van der Waals surface area contributed by atoms with E-state index in [2.05, 4.69) is 22.3 Å². The summed E-state index contributed by atoms with van der Waals surface area (Å²) in [5, 5.41) is 18.0. The summed E-state index contributed by atoms with van der Waals surface area (Å²) in [5.41, 5.74) is 2.76. The Balaban J connectivity index is 2.10. The zero-order valence-corrected chi connectivity index (χ0v) is 13.1. The van der Waals surface area contributed by atoms with Crippen LogP contribution in [0.25, 0.3) is 10.9 Å². The molecule has 0 bridgehead atoms. The molecule has 1 aromatic carbocycles. The highest BCUT2D eigenvalue weighted by molar-refractivity contribution is 5.98. The van der Waals surface area contributed by atoms with E-state index in [0.29, 0.717) is 11.5 Å². The predicted octanol–water partition coefficient (Wildman–Crippen LogP) is 3.59. The number of hydrogen-bond acceptors (Lipinski definition) is 4. The number of carboxylic acids is 1. The number of aromatic carboxylic acids is 1. The Labute approximate surface area is 133 Å². The first kappa shape index (κ1) is 15.0. The van der Waals surface area contributed by atoms with Gasteiger partial charge in [0.05, 0.1) is 23.0 Å². The van der Waals surface area contributed by atoms with Gasteiger partial charge in [0, 0.05) is 18.1 Å². The van der Waals surface area contributed by atoms with Crippen LogP contribution < -0.4 is 5.32 Å². The van der Waals surface area contributed by atoms with Gasteiger partial charge in [0.2, 0.25) is 0 Å². The van der Waals surface area contributed by atoms with E-state index in [1.165, 1.54) is 18.5 Å². The number of anilines is 2. The highest BCUT2D eigenvalue weighted by atomic mass is 16.4. The summed E-state index contributed by atoms with van der Waals surface area (Å²) in [6.45, 7) is 4.92. The highest BCUT2D eigenvalue weighted by Crippen LogP contribution is 2.28. The second kappa shape index (κ2) is 6.08. The number of fused-ring (bicyclic) bond motifs is 1. The first-order chi connectivity index (χ1) is 11.1. The number of carbonyl (C=O) groups is 1. The van der Waals surface area contributed by atoms with Crippen molar-refractivity contribution in [2.24, 2.45) is 0 Å². The van der Waals surface area contributed by atoms with Gasteiger partial charge in [0.25, 0.3) is 0 Å². The van der Waals surface area contributed by atoms with Crippen molar-refractivity contribution in [3.05, 3.63) is 47.8 Å². The molecule has 2 N–H and O–H groups in total. The summed E-state index contributed by atoms with van der Waals surface area (Å²) in [5.74, 6) is -0.351. The number of aromatic nitrogens is 3. The van der Waals surface area contributed by atoms with E-state index in [1.54, 1.807) is 0 Å². The third-order valence-electron chi connectivity index (χ3n) is 3.65. The summed E-state index contributed by atoms with van der Waals surface area (Å²) in [6, 6.07) is 7.61. The summed E-state index contributed by atoms with van der Waals surface area (Å²) in [4.78, 5) is 15.3. The normalized spacial score (nSPS) is 10.9. The van der Waals surface area contributed by atoms with Crippen LogP contribution >= 0.6 is 0 Å². The lowest BCUT2D eigenvalue weighted by molar-refractivity contribution is 0.0698. The molecule has 0 unspecified atom stereocenters. The molecule has 23 heavy (non-hydrogen) atoms. The third kappa shape index (κ3) is 2.88. The number of pyridine rings is 1. The fourth-order valence-corrected chi connectivity index (χ4v) is 2.58. The molecule has 0 saturated carbocycles. The monoisotopic (exact) mass is 310 g/mol. The van der Waals surface area contributed by atoms with Gasteiger partial charge in [-0.3, -0.25) is 9.67 Å². The van der Waals surface area contributed by atoms with Crippen molar-refractivity contribution in [2.75, 3.05) is 5.32 Å². The molecule has 3 rings (SSSR count). The molecule has 0 aliphatic heterocycles. The van der Waals surface area contributed by atoms with Crippen LogP contribution in [0.1, 0.15) is 29.3 Å². The quantitative estimate of drug-likeness (QED) is 0.752. The average Bonchev–Trinajstić information content (AvgIpc) is 2.85. The van der Waals surface area contributed by atoms with Crippen molar-refractivity contribution in [1.82, 2.24) is 14.8 Å². The van der Waals surface area contributed by atoms with E-state index in [4.69, 9.17) is 0 Å². The minimum atomic E-state index is -0.997. The standard InChI is InChI=1S/C17H18N4O2/c1-3-8-21-15-5-4-11(2)9-13(15)16(20-21)19-14-10-18-7-6-12(14)17(22)23/h4-7,9-10H,3,8H2,1-2H3,(H,19,20)(H,22,23). The van der Waals surface area contributed by atoms with Crippen LogP contribution in [0.5, 0.6) is 0 Å². The van der Waals surface area contributed by atoms with Crippen molar-refractivity contribution >= 4 is 28.4 Å². The van der Waals surface area contributed by atoms with Crippen LogP contribution in [-0.4, -0.2) is 25.8 Å². The van der Waals surface area contributed by atoms with Gasteiger partial charge in [0.15, 0.2) is 5.82 Å². The van der Waals surface area contributed by atoms with Gasteiger partial charge < -0.3 is 10.4 Å². The van der Waals surface area contributed by atoms with Gasteiger partial charge in [-0.05, 0) is 31.5 Å². The highest BCUT2D eigenvalue weighted by Gasteiger charge is 2.14. The molecule has 2 heterocycles. The van der Waals surface area contributed by atoms with Gasteiger partial charge in [0.1, 0.15) is 0 Å². The number of nitrogens with zero attached hydrogens (tertiary/aromatic N) is 3. The zero-order valence-electron chi connectivity index (χ0n) is 13.1. The van der Waals surface area contributed by atoms with Crippen LogP contribution in [0.15, 0.2) is 36.7 Å². The zero-order chi connectivity index (χ0) is 16.4. The van der Waals surface area contributed by atoms with Crippen molar-refractivity contribution in [2.45, 2.75) is 26.8 Å². The molecule has 6 heteroatoms. The molecule has 0 aliphatic rings. The maximum atomic E-state index is 11.3. The van der Waals surface area contributed by atoms with E-state index in [0.717, 1.165) is 29.4 Å². The second-order valence-electron chi connectivity index (χ2n) is 5.44. The number of benzene rings is 1. The molecular weight excluding hydrogens is 292 g/mol. The molecule has 0 saturated heterocycles. The molecule has 118 valence electrons. The van der Waals surface area contributed by atoms with E-state index in [-0.39, 0.29) is 5.56 Å². The second-order valence-corrected chi connectivity index (χ2v) is 5.44. The minimum Gasteiger partial charge on any atom is -0.478 e. The molecule has 0 radical (unpaired) electrons. The first-order valence-electron chi connectivity index (χ1n) is 7.51. The third-order valence-corrected chi connectivity index (χ3v) is 3.65. The predicted molar refractivity (Wildman–Crippen MR) is 89.2 cm³/mol. The van der Waals surface area contributed by atoms with Gasteiger partial charge >= 0.3 is 5.97 Å². The van der Waals surface area contributed by atoms with E-state index < -0.39 is 5.97 Å². The SMILES string of the molecule is CCCn1nc(Nc2cnccc2C(=O)O)c2cc(C)ccc21. The van der Waals surface area contributed by atoms with Crippen molar-refractivity contribution in [3.63, 3.8) is 0 Å².